The first-order valence-corrected chi connectivity index (χ1v) is 5.40. The fraction of sp³-hybridized carbons (Fsp3) is 0.818. The minimum atomic E-state index is -0.849. The molecule has 1 amide bonds. The van der Waals surface area contributed by atoms with Gasteiger partial charge in [0.25, 0.3) is 0 Å². The Bertz CT molecular complexity index is 258. The summed E-state index contributed by atoms with van der Waals surface area (Å²) in [5.74, 6) is -0.946. The third-order valence-corrected chi connectivity index (χ3v) is 2.52. The van der Waals surface area contributed by atoms with Gasteiger partial charge in [0.1, 0.15) is 0 Å². The van der Waals surface area contributed by atoms with Crippen LogP contribution in [0.3, 0.4) is 0 Å². The van der Waals surface area contributed by atoms with Crippen LogP contribution in [0.4, 0.5) is 0 Å². The van der Waals surface area contributed by atoms with E-state index < -0.39 is 5.97 Å². The van der Waals surface area contributed by atoms with Gasteiger partial charge in [0.15, 0.2) is 0 Å². The van der Waals surface area contributed by atoms with Crippen LogP contribution in [0.2, 0.25) is 0 Å². The number of hydrogen-bond donors (Lipinski definition) is 2. The Kier molecular flexibility index (Phi) is 5.44. The van der Waals surface area contributed by atoms with Crippen molar-refractivity contribution in [3.8, 4) is 0 Å². The number of aliphatic carboxylic acids is 1. The highest BCUT2D eigenvalue weighted by Crippen LogP contribution is 2.17. The lowest BCUT2D eigenvalue weighted by Gasteiger charge is -2.39. The normalized spacial score (nSPS) is 13.6. The van der Waals surface area contributed by atoms with Crippen molar-refractivity contribution in [3.63, 3.8) is 0 Å². The molecule has 5 nitrogen and oxygen atoms in total. The van der Waals surface area contributed by atoms with Gasteiger partial charge in [-0.05, 0) is 27.7 Å². The largest absolute Gasteiger partial charge is 0.481 e. The molecule has 0 radical (unpaired) electrons. The fourth-order valence-corrected chi connectivity index (χ4v) is 1.68. The van der Waals surface area contributed by atoms with Gasteiger partial charge < -0.3 is 10.4 Å². The molecule has 0 spiro atoms. The zero-order valence-corrected chi connectivity index (χ0v) is 10.7. The highest BCUT2D eigenvalue weighted by Gasteiger charge is 2.30. The third-order valence-electron chi connectivity index (χ3n) is 2.52. The smallest absolute Gasteiger partial charge is 0.304 e. The maximum absolute atomic E-state index is 11.5. The summed E-state index contributed by atoms with van der Waals surface area (Å²) in [6, 6.07) is -0.329. The standard InChI is InChI=1S/C11H22N2O3/c1-8(10(16)12-5)13(11(2,3)4)7-6-9(14)15/h8H,6-7H2,1-5H3,(H,12,16)(H,14,15). The first-order valence-electron chi connectivity index (χ1n) is 5.40. The molecule has 0 aliphatic heterocycles. The Hall–Kier alpha value is -1.10. The number of carbonyl (C=O) groups excluding carboxylic acids is 1. The molecular formula is C11H22N2O3. The van der Waals surface area contributed by atoms with Gasteiger partial charge in [-0.25, -0.2) is 0 Å². The van der Waals surface area contributed by atoms with Gasteiger partial charge in [-0.15, -0.1) is 0 Å². The number of likely N-dealkylation sites (N-methyl/N-ethyl adjacent to an activating group) is 1. The van der Waals surface area contributed by atoms with E-state index in [1.807, 2.05) is 25.7 Å². The molecule has 0 rings (SSSR count). The van der Waals surface area contributed by atoms with Crippen molar-refractivity contribution >= 4 is 11.9 Å². The summed E-state index contributed by atoms with van der Waals surface area (Å²) in [5.41, 5.74) is -0.235. The minimum Gasteiger partial charge on any atom is -0.481 e. The topological polar surface area (TPSA) is 69.6 Å². The van der Waals surface area contributed by atoms with Gasteiger partial charge in [-0.1, -0.05) is 0 Å². The van der Waals surface area contributed by atoms with Crippen LogP contribution in [0, 0.1) is 0 Å². The Morgan fingerprint density at radius 3 is 2.19 bits per heavy atom. The van der Waals surface area contributed by atoms with Crippen molar-refractivity contribution in [1.29, 1.82) is 0 Å². The zero-order valence-electron chi connectivity index (χ0n) is 10.7. The third kappa shape index (κ3) is 4.61. The molecule has 0 aromatic heterocycles. The van der Waals surface area contributed by atoms with Crippen LogP contribution < -0.4 is 5.32 Å². The summed E-state index contributed by atoms with van der Waals surface area (Å²) in [4.78, 5) is 24.0. The van der Waals surface area contributed by atoms with Crippen LogP contribution in [0.25, 0.3) is 0 Å². The van der Waals surface area contributed by atoms with E-state index in [0.717, 1.165) is 0 Å². The molecule has 94 valence electrons. The van der Waals surface area contributed by atoms with E-state index in [-0.39, 0.29) is 23.9 Å². The number of hydrogen-bond acceptors (Lipinski definition) is 3. The molecule has 16 heavy (non-hydrogen) atoms. The average Bonchev–Trinajstić information content (AvgIpc) is 2.13. The van der Waals surface area contributed by atoms with E-state index in [9.17, 15) is 9.59 Å². The summed E-state index contributed by atoms with van der Waals surface area (Å²) < 4.78 is 0. The van der Waals surface area contributed by atoms with Gasteiger partial charge in [-0.2, -0.15) is 0 Å². The molecule has 1 atom stereocenters. The zero-order chi connectivity index (χ0) is 12.9. The molecule has 1 unspecified atom stereocenters. The van der Waals surface area contributed by atoms with Crippen molar-refractivity contribution in [3.05, 3.63) is 0 Å². The first kappa shape index (κ1) is 14.9. The summed E-state index contributed by atoms with van der Waals surface area (Å²) in [5, 5.41) is 11.3. The molecule has 0 fully saturated rings. The van der Waals surface area contributed by atoms with Crippen LogP contribution in [0.1, 0.15) is 34.1 Å². The van der Waals surface area contributed by atoms with Crippen molar-refractivity contribution in [2.45, 2.75) is 45.7 Å². The molecular weight excluding hydrogens is 208 g/mol. The summed E-state index contributed by atoms with van der Waals surface area (Å²) in [7, 11) is 1.58. The van der Waals surface area contributed by atoms with Crippen LogP contribution in [-0.2, 0) is 9.59 Å². The second-order valence-corrected chi connectivity index (χ2v) is 4.80. The number of carboxylic acid groups (broad SMARTS) is 1. The molecule has 0 aromatic rings. The van der Waals surface area contributed by atoms with E-state index in [4.69, 9.17) is 5.11 Å². The van der Waals surface area contributed by atoms with Gasteiger partial charge in [-0.3, -0.25) is 14.5 Å². The highest BCUT2D eigenvalue weighted by atomic mass is 16.4. The Morgan fingerprint density at radius 2 is 1.88 bits per heavy atom. The van der Waals surface area contributed by atoms with E-state index in [1.165, 1.54) is 0 Å². The first-order chi connectivity index (χ1) is 7.20. The molecule has 2 N–H and O–H groups in total. The van der Waals surface area contributed by atoms with Crippen molar-refractivity contribution < 1.29 is 14.7 Å². The molecule has 0 saturated heterocycles. The maximum Gasteiger partial charge on any atom is 0.304 e. The second kappa shape index (κ2) is 5.84. The van der Waals surface area contributed by atoms with E-state index in [1.54, 1.807) is 14.0 Å². The molecule has 0 aromatic carbocycles. The van der Waals surface area contributed by atoms with Gasteiger partial charge in [0.05, 0.1) is 12.5 Å². The van der Waals surface area contributed by atoms with Crippen molar-refractivity contribution in [2.75, 3.05) is 13.6 Å². The SMILES string of the molecule is CNC(=O)C(C)N(CCC(=O)O)C(C)(C)C. The number of amides is 1. The lowest BCUT2D eigenvalue weighted by atomic mass is 10.0. The number of carboxylic acids is 1. The van der Waals surface area contributed by atoms with E-state index in [2.05, 4.69) is 5.32 Å². The van der Waals surface area contributed by atoms with Crippen LogP contribution in [0.15, 0.2) is 0 Å². The monoisotopic (exact) mass is 230 g/mol. The van der Waals surface area contributed by atoms with Gasteiger partial charge in [0, 0.05) is 19.1 Å². The van der Waals surface area contributed by atoms with Crippen LogP contribution >= 0.6 is 0 Å². The molecule has 0 aliphatic carbocycles. The van der Waals surface area contributed by atoms with Gasteiger partial charge in [0.2, 0.25) is 5.91 Å². The number of rotatable bonds is 5. The quantitative estimate of drug-likeness (QED) is 0.729. The maximum atomic E-state index is 11.5. The Morgan fingerprint density at radius 1 is 1.38 bits per heavy atom. The lowest BCUT2D eigenvalue weighted by molar-refractivity contribution is -0.139. The predicted octanol–water partition coefficient (Wildman–Crippen LogP) is 0.696. The van der Waals surface area contributed by atoms with Crippen molar-refractivity contribution in [1.82, 2.24) is 10.2 Å². The predicted molar refractivity (Wildman–Crippen MR) is 62.2 cm³/mol. The van der Waals surface area contributed by atoms with Crippen molar-refractivity contribution in [2.24, 2.45) is 0 Å². The number of nitrogens with zero attached hydrogens (tertiary/aromatic N) is 1. The average molecular weight is 230 g/mol. The minimum absolute atomic E-state index is 0.0403. The van der Waals surface area contributed by atoms with E-state index in [0.29, 0.717) is 6.54 Å². The van der Waals surface area contributed by atoms with Crippen LogP contribution in [-0.4, -0.2) is 47.1 Å². The number of carbonyl (C=O) groups is 2. The van der Waals surface area contributed by atoms with E-state index >= 15 is 0 Å². The lowest BCUT2D eigenvalue weighted by Crippen LogP contribution is -2.53. The molecule has 0 heterocycles. The van der Waals surface area contributed by atoms with Gasteiger partial charge >= 0.3 is 5.97 Å². The summed E-state index contributed by atoms with van der Waals surface area (Å²) in [6.45, 7) is 8.05. The Balaban J connectivity index is 4.67. The van der Waals surface area contributed by atoms with Crippen LogP contribution in [0.5, 0.6) is 0 Å². The molecule has 0 bridgehead atoms. The Labute approximate surface area is 96.8 Å². The number of nitrogens with one attached hydrogen (secondary N) is 1. The second-order valence-electron chi connectivity index (χ2n) is 4.80. The molecule has 0 aliphatic rings. The molecule has 0 saturated carbocycles. The fourth-order valence-electron chi connectivity index (χ4n) is 1.68. The summed E-state index contributed by atoms with van der Waals surface area (Å²) >= 11 is 0. The summed E-state index contributed by atoms with van der Waals surface area (Å²) in [6.07, 6.45) is 0.0403. The highest BCUT2D eigenvalue weighted by molar-refractivity contribution is 5.81. The molecule has 5 heteroatoms.